The van der Waals surface area contributed by atoms with Crippen LogP contribution >= 0.6 is 0 Å². The summed E-state index contributed by atoms with van der Waals surface area (Å²) >= 11 is 0. The Morgan fingerprint density at radius 1 is 1.16 bits per heavy atom. The van der Waals surface area contributed by atoms with E-state index in [-0.39, 0.29) is 16.9 Å². The van der Waals surface area contributed by atoms with E-state index in [4.69, 9.17) is 0 Å². The third kappa shape index (κ3) is 3.11. The summed E-state index contributed by atoms with van der Waals surface area (Å²) in [7, 11) is 0. The smallest absolute Gasteiger partial charge is 0.228 e. The Labute approximate surface area is 117 Å². The van der Waals surface area contributed by atoms with Crippen molar-refractivity contribution in [1.82, 2.24) is 15.1 Å². The van der Waals surface area contributed by atoms with Gasteiger partial charge in [0.1, 0.15) is 0 Å². The highest BCUT2D eigenvalue weighted by Crippen LogP contribution is 2.26. The standard InChI is InChI=1S/C15H29N3O/c1-14(2,3)13(19)18-10-8-17(9-11-18)12-6-7-16-15(12,4)5/h12,16H,6-11H2,1-5H3. The Morgan fingerprint density at radius 2 is 1.74 bits per heavy atom. The molecule has 2 saturated heterocycles. The monoisotopic (exact) mass is 267 g/mol. The van der Waals surface area contributed by atoms with Crippen LogP contribution in [0.3, 0.4) is 0 Å². The van der Waals surface area contributed by atoms with Crippen LogP contribution in [0.4, 0.5) is 0 Å². The van der Waals surface area contributed by atoms with Crippen LogP contribution < -0.4 is 5.32 Å². The Bertz CT molecular complexity index is 338. The summed E-state index contributed by atoms with van der Waals surface area (Å²) in [6.45, 7) is 15.5. The molecular weight excluding hydrogens is 238 g/mol. The molecule has 4 heteroatoms. The topological polar surface area (TPSA) is 35.6 Å². The number of amides is 1. The van der Waals surface area contributed by atoms with Crippen molar-refractivity contribution in [2.75, 3.05) is 32.7 Å². The molecule has 1 atom stereocenters. The van der Waals surface area contributed by atoms with E-state index in [0.717, 1.165) is 32.7 Å². The molecule has 0 aromatic rings. The molecule has 2 aliphatic heterocycles. The average Bonchev–Trinajstić information content (AvgIpc) is 2.67. The third-order valence-corrected chi connectivity index (χ3v) is 4.52. The van der Waals surface area contributed by atoms with Gasteiger partial charge in [-0.25, -0.2) is 0 Å². The summed E-state index contributed by atoms with van der Waals surface area (Å²) in [5.41, 5.74) is -0.0490. The second kappa shape index (κ2) is 5.06. The fraction of sp³-hybridized carbons (Fsp3) is 0.933. The van der Waals surface area contributed by atoms with Gasteiger partial charge in [-0.05, 0) is 26.8 Å². The minimum Gasteiger partial charge on any atom is -0.340 e. The van der Waals surface area contributed by atoms with Crippen molar-refractivity contribution in [2.24, 2.45) is 5.41 Å². The fourth-order valence-electron chi connectivity index (χ4n) is 3.36. The molecule has 2 fully saturated rings. The third-order valence-electron chi connectivity index (χ3n) is 4.52. The average molecular weight is 267 g/mol. The van der Waals surface area contributed by atoms with Gasteiger partial charge < -0.3 is 10.2 Å². The first-order valence-electron chi connectivity index (χ1n) is 7.50. The fourth-order valence-corrected chi connectivity index (χ4v) is 3.36. The normalized spacial score (nSPS) is 28.7. The van der Waals surface area contributed by atoms with Crippen LogP contribution in [0.2, 0.25) is 0 Å². The second-order valence-electron chi connectivity index (χ2n) is 7.53. The van der Waals surface area contributed by atoms with Crippen LogP contribution in [-0.4, -0.2) is 60.0 Å². The van der Waals surface area contributed by atoms with E-state index in [2.05, 4.69) is 24.1 Å². The molecule has 1 unspecified atom stereocenters. The molecule has 0 aromatic carbocycles. The number of nitrogens with one attached hydrogen (secondary N) is 1. The Balaban J connectivity index is 1.91. The van der Waals surface area contributed by atoms with E-state index < -0.39 is 0 Å². The van der Waals surface area contributed by atoms with Gasteiger partial charge in [-0.1, -0.05) is 20.8 Å². The molecule has 0 aliphatic carbocycles. The second-order valence-corrected chi connectivity index (χ2v) is 7.53. The maximum Gasteiger partial charge on any atom is 0.228 e. The number of carbonyl (C=O) groups is 1. The Hall–Kier alpha value is -0.610. The number of piperazine rings is 1. The summed E-state index contributed by atoms with van der Waals surface area (Å²) in [4.78, 5) is 16.9. The van der Waals surface area contributed by atoms with Crippen LogP contribution in [-0.2, 0) is 4.79 Å². The van der Waals surface area contributed by atoms with E-state index in [1.165, 1.54) is 6.42 Å². The first kappa shape index (κ1) is 14.8. The van der Waals surface area contributed by atoms with Gasteiger partial charge in [0.05, 0.1) is 0 Å². The summed E-state index contributed by atoms with van der Waals surface area (Å²) in [6, 6.07) is 0.611. The van der Waals surface area contributed by atoms with Gasteiger partial charge >= 0.3 is 0 Å². The number of rotatable bonds is 1. The lowest BCUT2D eigenvalue weighted by Gasteiger charge is -2.43. The first-order valence-corrected chi connectivity index (χ1v) is 7.50. The minimum atomic E-state index is -0.254. The van der Waals surface area contributed by atoms with E-state index in [1.54, 1.807) is 0 Å². The molecule has 0 bridgehead atoms. The van der Waals surface area contributed by atoms with E-state index in [9.17, 15) is 4.79 Å². The summed E-state index contributed by atoms with van der Waals surface area (Å²) < 4.78 is 0. The van der Waals surface area contributed by atoms with Crippen molar-refractivity contribution >= 4 is 5.91 Å². The van der Waals surface area contributed by atoms with Crippen molar-refractivity contribution in [3.63, 3.8) is 0 Å². The number of nitrogens with zero attached hydrogens (tertiary/aromatic N) is 2. The predicted molar refractivity (Wildman–Crippen MR) is 78.1 cm³/mol. The summed E-state index contributed by atoms with van der Waals surface area (Å²) in [6.07, 6.45) is 1.22. The highest BCUT2D eigenvalue weighted by atomic mass is 16.2. The predicted octanol–water partition coefficient (Wildman–Crippen LogP) is 1.32. The molecule has 2 rings (SSSR count). The van der Waals surface area contributed by atoms with Gasteiger partial charge in [0.15, 0.2) is 0 Å². The zero-order valence-corrected chi connectivity index (χ0v) is 13.1. The van der Waals surface area contributed by atoms with Crippen LogP contribution in [0.1, 0.15) is 41.0 Å². The van der Waals surface area contributed by atoms with Gasteiger partial charge in [0, 0.05) is 43.2 Å². The van der Waals surface area contributed by atoms with Crippen LogP contribution in [0.25, 0.3) is 0 Å². The van der Waals surface area contributed by atoms with Gasteiger partial charge in [-0.3, -0.25) is 9.69 Å². The maximum absolute atomic E-state index is 12.3. The maximum atomic E-state index is 12.3. The molecule has 110 valence electrons. The molecule has 2 aliphatic rings. The van der Waals surface area contributed by atoms with Crippen molar-refractivity contribution < 1.29 is 4.79 Å². The van der Waals surface area contributed by atoms with Crippen LogP contribution in [0, 0.1) is 5.41 Å². The molecule has 0 saturated carbocycles. The summed E-state index contributed by atoms with van der Waals surface area (Å²) in [5, 5.41) is 3.58. The molecule has 0 spiro atoms. The molecule has 0 aromatic heterocycles. The Morgan fingerprint density at radius 3 is 2.16 bits per heavy atom. The number of hydrogen-bond donors (Lipinski definition) is 1. The van der Waals surface area contributed by atoms with Crippen molar-refractivity contribution in [3.8, 4) is 0 Å². The minimum absolute atomic E-state index is 0.205. The molecule has 1 amide bonds. The molecule has 19 heavy (non-hydrogen) atoms. The number of carbonyl (C=O) groups excluding carboxylic acids is 1. The highest BCUT2D eigenvalue weighted by Gasteiger charge is 2.40. The van der Waals surface area contributed by atoms with Crippen molar-refractivity contribution in [1.29, 1.82) is 0 Å². The lowest BCUT2D eigenvalue weighted by Crippen LogP contribution is -2.58. The molecule has 4 nitrogen and oxygen atoms in total. The SMILES string of the molecule is CC(C)(C)C(=O)N1CCN(C2CCNC2(C)C)CC1. The van der Waals surface area contributed by atoms with Crippen molar-refractivity contribution in [2.45, 2.75) is 52.6 Å². The largest absolute Gasteiger partial charge is 0.340 e. The molecule has 2 heterocycles. The summed E-state index contributed by atoms with van der Waals surface area (Å²) in [5.74, 6) is 0.288. The van der Waals surface area contributed by atoms with Crippen molar-refractivity contribution in [3.05, 3.63) is 0 Å². The van der Waals surface area contributed by atoms with Gasteiger partial charge in [0.2, 0.25) is 5.91 Å². The number of hydrogen-bond acceptors (Lipinski definition) is 3. The Kier molecular flexibility index (Phi) is 3.94. The van der Waals surface area contributed by atoms with E-state index in [0.29, 0.717) is 6.04 Å². The molecule has 1 N–H and O–H groups in total. The lowest BCUT2D eigenvalue weighted by molar-refractivity contribution is -0.141. The lowest BCUT2D eigenvalue weighted by atomic mass is 9.93. The van der Waals surface area contributed by atoms with E-state index in [1.807, 2.05) is 25.7 Å². The van der Waals surface area contributed by atoms with Gasteiger partial charge in [-0.2, -0.15) is 0 Å². The van der Waals surface area contributed by atoms with Crippen LogP contribution in [0.15, 0.2) is 0 Å². The van der Waals surface area contributed by atoms with Gasteiger partial charge in [-0.15, -0.1) is 0 Å². The quantitative estimate of drug-likeness (QED) is 0.778. The first-order chi connectivity index (χ1) is 8.72. The molecular formula is C15H29N3O. The molecule has 0 radical (unpaired) electrons. The highest BCUT2D eigenvalue weighted by molar-refractivity contribution is 5.81. The van der Waals surface area contributed by atoms with E-state index >= 15 is 0 Å². The van der Waals surface area contributed by atoms with Gasteiger partial charge in [0.25, 0.3) is 0 Å². The van der Waals surface area contributed by atoms with Crippen LogP contribution in [0.5, 0.6) is 0 Å². The zero-order valence-electron chi connectivity index (χ0n) is 13.1. The zero-order chi connectivity index (χ0) is 14.3.